The van der Waals surface area contributed by atoms with Gasteiger partial charge in [-0.2, -0.15) is 0 Å². The van der Waals surface area contributed by atoms with Crippen LogP contribution in [0.1, 0.15) is 10.4 Å². The van der Waals surface area contributed by atoms with Gasteiger partial charge in [0.15, 0.2) is 0 Å². The summed E-state index contributed by atoms with van der Waals surface area (Å²) in [6, 6.07) is 6.37. The third-order valence-corrected chi connectivity index (χ3v) is 2.20. The van der Waals surface area contributed by atoms with Gasteiger partial charge in [0.25, 0.3) is 5.91 Å². The molecule has 7 nitrogen and oxygen atoms in total. The molecule has 1 aromatic carbocycles. The largest absolute Gasteiger partial charge is 0.497 e. The summed E-state index contributed by atoms with van der Waals surface area (Å²) < 4.78 is 4.95. The Balaban J connectivity index is 2.42. The van der Waals surface area contributed by atoms with Crippen LogP contribution in [0.4, 0.5) is 0 Å². The zero-order valence-electron chi connectivity index (χ0n) is 10.3. The van der Waals surface area contributed by atoms with Crippen LogP contribution in [0.15, 0.2) is 24.3 Å². The molecule has 0 bridgehead atoms. The fourth-order valence-electron chi connectivity index (χ4n) is 1.24. The lowest BCUT2D eigenvalue weighted by atomic mass is 10.2. The van der Waals surface area contributed by atoms with E-state index < -0.39 is 24.3 Å². The number of carbonyl (C=O) groups excluding carboxylic acids is 2. The first kappa shape index (κ1) is 14.5. The Morgan fingerprint density at radius 1 is 1.11 bits per heavy atom. The summed E-state index contributed by atoms with van der Waals surface area (Å²) in [7, 11) is 1.52. The van der Waals surface area contributed by atoms with Gasteiger partial charge in [-0.15, -0.1) is 0 Å². The normalized spacial score (nSPS) is 9.53. The van der Waals surface area contributed by atoms with Crippen LogP contribution in [0.5, 0.6) is 5.75 Å². The lowest BCUT2D eigenvalue weighted by Crippen LogP contribution is -2.38. The van der Waals surface area contributed by atoms with Crippen molar-refractivity contribution >= 4 is 17.8 Å². The van der Waals surface area contributed by atoms with Crippen LogP contribution in [-0.4, -0.2) is 43.1 Å². The Morgan fingerprint density at radius 3 is 2.26 bits per heavy atom. The highest BCUT2D eigenvalue weighted by Crippen LogP contribution is 2.10. The van der Waals surface area contributed by atoms with Gasteiger partial charge in [0.05, 0.1) is 13.7 Å². The van der Waals surface area contributed by atoms with E-state index in [4.69, 9.17) is 9.84 Å². The molecule has 0 heterocycles. The van der Waals surface area contributed by atoms with E-state index in [1.54, 1.807) is 24.3 Å². The number of hydrogen-bond donors (Lipinski definition) is 3. The van der Waals surface area contributed by atoms with Crippen molar-refractivity contribution < 1.29 is 24.2 Å². The van der Waals surface area contributed by atoms with E-state index >= 15 is 0 Å². The van der Waals surface area contributed by atoms with Gasteiger partial charge >= 0.3 is 5.97 Å². The van der Waals surface area contributed by atoms with Crippen molar-refractivity contribution in [2.75, 3.05) is 20.2 Å². The molecule has 0 aromatic heterocycles. The minimum atomic E-state index is -1.14. The molecule has 7 heteroatoms. The fraction of sp³-hybridized carbons (Fsp3) is 0.250. The van der Waals surface area contributed by atoms with Gasteiger partial charge in [-0.3, -0.25) is 14.4 Å². The number of carbonyl (C=O) groups is 3. The van der Waals surface area contributed by atoms with Crippen LogP contribution >= 0.6 is 0 Å². The minimum absolute atomic E-state index is 0.280. The monoisotopic (exact) mass is 266 g/mol. The quantitative estimate of drug-likeness (QED) is 0.651. The molecular formula is C12H14N2O5. The molecule has 0 unspecified atom stereocenters. The fourth-order valence-corrected chi connectivity index (χ4v) is 1.24. The van der Waals surface area contributed by atoms with Gasteiger partial charge in [-0.1, -0.05) is 0 Å². The molecule has 3 N–H and O–H groups in total. The third-order valence-electron chi connectivity index (χ3n) is 2.20. The second-order valence-corrected chi connectivity index (χ2v) is 3.58. The maximum absolute atomic E-state index is 11.6. The average Bonchev–Trinajstić information content (AvgIpc) is 2.42. The number of carboxylic acid groups (broad SMARTS) is 1. The van der Waals surface area contributed by atoms with E-state index in [1.165, 1.54) is 7.11 Å². The van der Waals surface area contributed by atoms with Crippen molar-refractivity contribution in [2.24, 2.45) is 0 Å². The smallest absolute Gasteiger partial charge is 0.322 e. The summed E-state index contributed by atoms with van der Waals surface area (Å²) in [5, 5.41) is 12.9. The van der Waals surface area contributed by atoms with Crippen molar-refractivity contribution in [3.63, 3.8) is 0 Å². The third kappa shape index (κ3) is 5.07. The second-order valence-electron chi connectivity index (χ2n) is 3.58. The number of amides is 2. The van der Waals surface area contributed by atoms with Crippen molar-refractivity contribution in [1.29, 1.82) is 0 Å². The number of ether oxygens (including phenoxy) is 1. The molecule has 19 heavy (non-hydrogen) atoms. The first-order valence-electron chi connectivity index (χ1n) is 5.43. The summed E-state index contributed by atoms with van der Waals surface area (Å²) in [5.41, 5.74) is 0.381. The second kappa shape index (κ2) is 7.00. The van der Waals surface area contributed by atoms with E-state index in [0.717, 1.165) is 0 Å². The van der Waals surface area contributed by atoms with Crippen LogP contribution in [0.25, 0.3) is 0 Å². The summed E-state index contributed by atoms with van der Waals surface area (Å²) in [6.07, 6.45) is 0. The van der Waals surface area contributed by atoms with E-state index in [-0.39, 0.29) is 6.54 Å². The lowest BCUT2D eigenvalue weighted by Gasteiger charge is -2.06. The van der Waals surface area contributed by atoms with Gasteiger partial charge in [0.1, 0.15) is 12.3 Å². The number of rotatable bonds is 6. The predicted octanol–water partition coefficient (Wildman–Crippen LogP) is -0.374. The van der Waals surface area contributed by atoms with Crippen molar-refractivity contribution in [2.45, 2.75) is 0 Å². The van der Waals surface area contributed by atoms with Crippen molar-refractivity contribution in [3.8, 4) is 5.75 Å². The van der Waals surface area contributed by atoms with Crippen molar-refractivity contribution in [1.82, 2.24) is 10.6 Å². The first-order valence-corrected chi connectivity index (χ1v) is 5.43. The van der Waals surface area contributed by atoms with E-state index in [9.17, 15) is 14.4 Å². The van der Waals surface area contributed by atoms with E-state index in [1.807, 2.05) is 0 Å². The Labute approximate surface area is 109 Å². The van der Waals surface area contributed by atoms with Gasteiger partial charge in [0, 0.05) is 5.56 Å². The summed E-state index contributed by atoms with van der Waals surface area (Å²) in [6.45, 7) is -0.755. The number of hydrogen-bond acceptors (Lipinski definition) is 4. The topological polar surface area (TPSA) is 105 Å². The molecule has 1 aromatic rings. The molecule has 0 aliphatic rings. The average molecular weight is 266 g/mol. The van der Waals surface area contributed by atoms with Crippen molar-refractivity contribution in [3.05, 3.63) is 29.8 Å². The van der Waals surface area contributed by atoms with Crippen LogP contribution < -0.4 is 15.4 Å². The molecule has 0 atom stereocenters. The molecule has 1 rings (SSSR count). The number of nitrogens with one attached hydrogen (secondary N) is 2. The van der Waals surface area contributed by atoms with Gasteiger partial charge in [-0.05, 0) is 24.3 Å². The lowest BCUT2D eigenvalue weighted by molar-refractivity contribution is -0.137. The van der Waals surface area contributed by atoms with Crippen LogP contribution in [-0.2, 0) is 9.59 Å². The van der Waals surface area contributed by atoms with E-state index in [2.05, 4.69) is 10.6 Å². The molecule has 0 spiro atoms. The molecule has 0 aliphatic carbocycles. The van der Waals surface area contributed by atoms with Gasteiger partial charge in [0.2, 0.25) is 5.91 Å². The Bertz CT molecular complexity index is 470. The first-order chi connectivity index (χ1) is 9.02. The molecule has 2 amide bonds. The molecule has 0 saturated carbocycles. The molecule has 0 saturated heterocycles. The SMILES string of the molecule is COc1ccc(C(=O)NCC(=O)NCC(=O)O)cc1. The standard InChI is InChI=1S/C12H14N2O5/c1-19-9-4-2-8(3-5-9)12(18)14-6-10(15)13-7-11(16)17/h2-5H,6-7H2,1H3,(H,13,15)(H,14,18)(H,16,17). The van der Waals surface area contributed by atoms with Crippen LogP contribution in [0, 0.1) is 0 Å². The predicted molar refractivity (Wildman–Crippen MR) is 66.0 cm³/mol. The number of methoxy groups -OCH3 is 1. The van der Waals surface area contributed by atoms with E-state index in [0.29, 0.717) is 11.3 Å². The number of carboxylic acids is 1. The Hall–Kier alpha value is -2.57. The number of aliphatic carboxylic acids is 1. The van der Waals surface area contributed by atoms with Crippen LogP contribution in [0.3, 0.4) is 0 Å². The molecular weight excluding hydrogens is 252 g/mol. The molecule has 102 valence electrons. The summed E-state index contributed by atoms with van der Waals surface area (Å²) in [5.74, 6) is -1.51. The maximum Gasteiger partial charge on any atom is 0.322 e. The number of benzene rings is 1. The zero-order chi connectivity index (χ0) is 14.3. The molecule has 0 radical (unpaired) electrons. The highest BCUT2D eigenvalue weighted by atomic mass is 16.5. The van der Waals surface area contributed by atoms with Gasteiger partial charge < -0.3 is 20.5 Å². The zero-order valence-corrected chi connectivity index (χ0v) is 10.3. The highest BCUT2D eigenvalue weighted by Gasteiger charge is 2.08. The molecule has 0 fully saturated rings. The van der Waals surface area contributed by atoms with Gasteiger partial charge in [-0.25, -0.2) is 0 Å². The minimum Gasteiger partial charge on any atom is -0.497 e. The molecule has 0 aliphatic heterocycles. The van der Waals surface area contributed by atoms with Crippen LogP contribution in [0.2, 0.25) is 0 Å². The highest BCUT2D eigenvalue weighted by molar-refractivity contribution is 5.96. The Kier molecular flexibility index (Phi) is 5.34. The summed E-state index contributed by atoms with van der Waals surface area (Å²) in [4.78, 5) is 33.0. The Morgan fingerprint density at radius 2 is 1.74 bits per heavy atom. The summed E-state index contributed by atoms with van der Waals surface area (Å²) >= 11 is 0. The maximum atomic E-state index is 11.6.